The second kappa shape index (κ2) is 6.03. The fourth-order valence-corrected chi connectivity index (χ4v) is 4.18. The van der Waals surface area contributed by atoms with Crippen molar-refractivity contribution in [3.8, 4) is 0 Å². The van der Waals surface area contributed by atoms with Crippen molar-refractivity contribution in [1.82, 2.24) is 19.9 Å². The van der Waals surface area contributed by atoms with E-state index in [9.17, 15) is 13.2 Å². The standard InChI is InChI=1S/C18H19F3N6/c19-18(20,21)15-4-17(25-10-23-15)27-7-12-5-26(6-13(12)8-27)16-3-14(11-1-2-11)22-9-24-16/h3-4,9-13H,1-2,5-8H2. The third-order valence-corrected chi connectivity index (χ3v) is 5.75. The van der Waals surface area contributed by atoms with E-state index in [1.54, 1.807) is 6.33 Å². The van der Waals surface area contributed by atoms with Crippen LogP contribution in [0, 0.1) is 11.8 Å². The lowest BCUT2D eigenvalue weighted by molar-refractivity contribution is -0.141. The first-order valence-corrected chi connectivity index (χ1v) is 9.18. The van der Waals surface area contributed by atoms with Crippen molar-refractivity contribution in [3.63, 3.8) is 0 Å². The van der Waals surface area contributed by atoms with Gasteiger partial charge in [-0.25, -0.2) is 19.9 Å². The van der Waals surface area contributed by atoms with Crippen molar-refractivity contribution < 1.29 is 13.2 Å². The summed E-state index contributed by atoms with van der Waals surface area (Å²) in [5, 5.41) is 0. The smallest absolute Gasteiger partial charge is 0.356 e. The topological polar surface area (TPSA) is 58.0 Å². The molecule has 0 spiro atoms. The van der Waals surface area contributed by atoms with Crippen LogP contribution in [0.15, 0.2) is 24.8 Å². The van der Waals surface area contributed by atoms with E-state index in [0.29, 0.717) is 36.7 Å². The Balaban J connectivity index is 1.28. The molecule has 4 heterocycles. The van der Waals surface area contributed by atoms with Crippen molar-refractivity contribution in [2.24, 2.45) is 11.8 Å². The predicted octanol–water partition coefficient (Wildman–Crippen LogP) is 2.74. The van der Waals surface area contributed by atoms with Gasteiger partial charge in [0.1, 0.15) is 30.0 Å². The summed E-state index contributed by atoms with van der Waals surface area (Å²) in [6.45, 7) is 3.13. The van der Waals surface area contributed by atoms with E-state index < -0.39 is 11.9 Å². The van der Waals surface area contributed by atoms with Crippen LogP contribution in [-0.4, -0.2) is 46.1 Å². The van der Waals surface area contributed by atoms with Gasteiger partial charge in [0.2, 0.25) is 0 Å². The Morgan fingerprint density at radius 1 is 0.778 bits per heavy atom. The molecule has 5 rings (SSSR count). The van der Waals surface area contributed by atoms with E-state index in [2.05, 4.69) is 30.9 Å². The van der Waals surface area contributed by atoms with Gasteiger partial charge in [-0.3, -0.25) is 0 Å². The van der Waals surface area contributed by atoms with Gasteiger partial charge >= 0.3 is 6.18 Å². The van der Waals surface area contributed by atoms with Crippen LogP contribution in [-0.2, 0) is 6.18 Å². The lowest BCUT2D eigenvalue weighted by atomic mass is 10.0. The van der Waals surface area contributed by atoms with Crippen LogP contribution >= 0.6 is 0 Å². The van der Waals surface area contributed by atoms with E-state index in [0.717, 1.165) is 37.0 Å². The first kappa shape index (κ1) is 16.7. The summed E-state index contributed by atoms with van der Waals surface area (Å²) in [4.78, 5) is 20.4. The minimum absolute atomic E-state index is 0.358. The van der Waals surface area contributed by atoms with Crippen molar-refractivity contribution >= 4 is 11.6 Å². The molecule has 2 saturated heterocycles. The van der Waals surface area contributed by atoms with E-state index in [1.165, 1.54) is 12.8 Å². The molecule has 3 aliphatic rings. The highest BCUT2D eigenvalue weighted by atomic mass is 19.4. The molecule has 1 aliphatic carbocycles. The average Bonchev–Trinajstić information content (AvgIpc) is 3.31. The van der Waals surface area contributed by atoms with Crippen LogP contribution < -0.4 is 9.80 Å². The van der Waals surface area contributed by atoms with Gasteiger partial charge in [-0.2, -0.15) is 13.2 Å². The zero-order valence-electron chi connectivity index (χ0n) is 14.6. The molecular weight excluding hydrogens is 357 g/mol. The Kier molecular flexibility index (Phi) is 3.73. The Bertz CT molecular complexity index is 839. The molecule has 6 nitrogen and oxygen atoms in total. The van der Waals surface area contributed by atoms with E-state index in [-0.39, 0.29) is 0 Å². The summed E-state index contributed by atoms with van der Waals surface area (Å²) in [5.41, 5.74) is 0.235. The Morgan fingerprint density at radius 2 is 1.33 bits per heavy atom. The van der Waals surface area contributed by atoms with Crippen LogP contribution in [0.2, 0.25) is 0 Å². The average molecular weight is 376 g/mol. The van der Waals surface area contributed by atoms with Crippen LogP contribution in [0.4, 0.5) is 24.8 Å². The largest absolute Gasteiger partial charge is 0.433 e. The number of hydrogen-bond acceptors (Lipinski definition) is 6. The SMILES string of the molecule is FC(F)(F)c1cc(N2CC3CN(c4cc(C5CC5)ncn4)CC3C2)ncn1. The molecule has 2 aromatic rings. The maximum absolute atomic E-state index is 12.9. The molecular formula is C18H19F3N6. The highest BCUT2D eigenvalue weighted by Crippen LogP contribution is 2.41. The third kappa shape index (κ3) is 3.19. The van der Waals surface area contributed by atoms with Crippen LogP contribution in [0.1, 0.15) is 30.1 Å². The molecule has 9 heteroatoms. The van der Waals surface area contributed by atoms with Gasteiger partial charge < -0.3 is 9.80 Å². The maximum atomic E-state index is 12.9. The second-order valence-electron chi connectivity index (χ2n) is 7.66. The molecule has 3 fully saturated rings. The molecule has 2 aliphatic heterocycles. The highest BCUT2D eigenvalue weighted by Gasteiger charge is 2.42. The van der Waals surface area contributed by atoms with Gasteiger partial charge in [-0.15, -0.1) is 0 Å². The minimum Gasteiger partial charge on any atom is -0.356 e. The van der Waals surface area contributed by atoms with E-state index in [1.807, 2.05) is 4.90 Å². The van der Waals surface area contributed by atoms with Gasteiger partial charge in [0.05, 0.1) is 0 Å². The first-order chi connectivity index (χ1) is 13.0. The number of aromatic nitrogens is 4. The summed E-state index contributed by atoms with van der Waals surface area (Å²) >= 11 is 0. The molecule has 27 heavy (non-hydrogen) atoms. The second-order valence-corrected chi connectivity index (χ2v) is 7.66. The minimum atomic E-state index is -4.45. The Labute approximate surface area is 154 Å². The van der Waals surface area contributed by atoms with Gasteiger partial charge in [0.15, 0.2) is 0 Å². The molecule has 2 unspecified atom stereocenters. The third-order valence-electron chi connectivity index (χ3n) is 5.75. The van der Waals surface area contributed by atoms with E-state index in [4.69, 9.17) is 0 Å². The van der Waals surface area contributed by atoms with E-state index >= 15 is 0 Å². The summed E-state index contributed by atoms with van der Waals surface area (Å²) in [6, 6.07) is 3.14. The highest BCUT2D eigenvalue weighted by molar-refractivity contribution is 5.46. The normalized spacial score (nSPS) is 25.1. The quantitative estimate of drug-likeness (QED) is 0.821. The Morgan fingerprint density at radius 3 is 1.89 bits per heavy atom. The zero-order chi connectivity index (χ0) is 18.6. The van der Waals surface area contributed by atoms with Crippen LogP contribution in [0.3, 0.4) is 0 Å². The summed E-state index contributed by atoms with van der Waals surface area (Å²) in [6.07, 6.45) is 0.600. The predicted molar refractivity (Wildman–Crippen MR) is 92.4 cm³/mol. The van der Waals surface area contributed by atoms with Crippen LogP contribution in [0.25, 0.3) is 0 Å². The van der Waals surface area contributed by atoms with Crippen molar-refractivity contribution in [2.45, 2.75) is 24.9 Å². The summed E-state index contributed by atoms with van der Waals surface area (Å²) in [5.74, 6) is 2.71. The fraction of sp³-hybridized carbons (Fsp3) is 0.556. The molecule has 142 valence electrons. The Hall–Kier alpha value is -2.45. The number of hydrogen-bond donors (Lipinski definition) is 0. The van der Waals surface area contributed by atoms with Crippen LogP contribution in [0.5, 0.6) is 0 Å². The fourth-order valence-electron chi connectivity index (χ4n) is 4.18. The number of nitrogens with zero attached hydrogens (tertiary/aromatic N) is 6. The van der Waals surface area contributed by atoms with Crippen molar-refractivity contribution in [1.29, 1.82) is 0 Å². The molecule has 2 atom stereocenters. The number of fused-ring (bicyclic) bond motifs is 1. The van der Waals surface area contributed by atoms with Gasteiger partial charge in [0.25, 0.3) is 0 Å². The van der Waals surface area contributed by atoms with Gasteiger partial charge in [-0.1, -0.05) is 0 Å². The molecule has 2 aromatic heterocycles. The first-order valence-electron chi connectivity index (χ1n) is 9.18. The maximum Gasteiger partial charge on any atom is 0.433 e. The lowest BCUT2D eigenvalue weighted by Gasteiger charge is -2.23. The summed E-state index contributed by atoms with van der Waals surface area (Å²) in [7, 11) is 0. The van der Waals surface area contributed by atoms with Gasteiger partial charge in [-0.05, 0) is 12.8 Å². The molecule has 0 aromatic carbocycles. The monoisotopic (exact) mass is 376 g/mol. The molecule has 0 bridgehead atoms. The molecule has 0 amide bonds. The summed E-state index contributed by atoms with van der Waals surface area (Å²) < 4.78 is 38.7. The molecule has 0 radical (unpaired) electrons. The zero-order valence-corrected chi connectivity index (χ0v) is 14.6. The number of rotatable bonds is 3. The lowest BCUT2D eigenvalue weighted by Crippen LogP contribution is -2.30. The molecule has 1 saturated carbocycles. The molecule has 0 N–H and O–H groups in total. The van der Waals surface area contributed by atoms with Crippen molar-refractivity contribution in [3.05, 3.63) is 36.2 Å². The number of anilines is 2. The van der Waals surface area contributed by atoms with Crippen molar-refractivity contribution in [2.75, 3.05) is 36.0 Å². The number of alkyl halides is 3. The number of halogens is 3. The van der Waals surface area contributed by atoms with Gasteiger partial charge in [0, 0.05) is 61.8 Å².